The average Bonchev–Trinajstić information content (AvgIpc) is 3.26. The summed E-state index contributed by atoms with van der Waals surface area (Å²) in [7, 11) is 2.76. The molecule has 0 aliphatic carbocycles. The maximum absolute atomic E-state index is 14.5. The number of benzene rings is 2. The molecular weight excluding hydrogens is 492 g/mol. The van der Waals surface area contributed by atoms with Crippen LogP contribution in [0.3, 0.4) is 0 Å². The van der Waals surface area contributed by atoms with E-state index in [1.54, 1.807) is 17.0 Å². The van der Waals surface area contributed by atoms with Crippen molar-refractivity contribution in [2.75, 3.05) is 32.1 Å². The summed E-state index contributed by atoms with van der Waals surface area (Å²) in [5, 5.41) is 2.88. The maximum atomic E-state index is 14.5. The summed E-state index contributed by atoms with van der Waals surface area (Å²) in [6.45, 7) is 1.85. The second-order valence-electron chi connectivity index (χ2n) is 8.59. The van der Waals surface area contributed by atoms with Crippen molar-refractivity contribution in [3.63, 3.8) is 0 Å². The molecule has 0 bridgehead atoms. The number of carbonyl (C=O) groups is 2. The smallest absolute Gasteiger partial charge is 0.291 e. The minimum atomic E-state index is -1.13. The molecule has 8 nitrogen and oxygen atoms in total. The van der Waals surface area contributed by atoms with E-state index < -0.39 is 17.5 Å². The number of hydrogen-bond donors (Lipinski definition) is 2. The predicted molar refractivity (Wildman–Crippen MR) is 132 cm³/mol. The standard InChI is InChI=1S/C25H26ClF2N5O3/c1-32-19(17-5-6-20(36-2)22(28)21(17)27)13-30-23(32)24(34)31-15-3-4-16(18(26)11-15)25(35)33-9-7-14(12-29)8-10-33/h3-6,11,13-14H,7-10,12,29H2,1-2H3,(H,31,34). The summed E-state index contributed by atoms with van der Waals surface area (Å²) < 4.78 is 34.8. The van der Waals surface area contributed by atoms with Crippen LogP contribution in [0, 0.1) is 17.6 Å². The van der Waals surface area contributed by atoms with Gasteiger partial charge in [-0.25, -0.2) is 9.37 Å². The predicted octanol–water partition coefficient (Wildman–Crippen LogP) is 4.09. The number of carbonyl (C=O) groups excluding carboxylic acids is 2. The lowest BCUT2D eigenvalue weighted by atomic mass is 9.96. The van der Waals surface area contributed by atoms with Gasteiger partial charge in [-0.05, 0) is 55.6 Å². The molecular formula is C25H26ClF2N5O3. The quantitative estimate of drug-likeness (QED) is 0.512. The molecule has 1 saturated heterocycles. The van der Waals surface area contributed by atoms with Crippen LogP contribution >= 0.6 is 11.6 Å². The molecule has 0 radical (unpaired) electrons. The fourth-order valence-electron chi connectivity index (χ4n) is 4.25. The van der Waals surface area contributed by atoms with Gasteiger partial charge in [-0.2, -0.15) is 4.39 Å². The Morgan fingerprint density at radius 1 is 1.19 bits per heavy atom. The van der Waals surface area contributed by atoms with E-state index in [9.17, 15) is 18.4 Å². The molecule has 190 valence electrons. The van der Waals surface area contributed by atoms with Gasteiger partial charge in [0.05, 0.1) is 29.6 Å². The number of amides is 2. The molecule has 36 heavy (non-hydrogen) atoms. The van der Waals surface area contributed by atoms with Crippen molar-refractivity contribution in [2.24, 2.45) is 18.7 Å². The molecule has 2 heterocycles. The zero-order valence-corrected chi connectivity index (χ0v) is 20.6. The molecule has 0 spiro atoms. The van der Waals surface area contributed by atoms with E-state index in [1.807, 2.05) is 0 Å². The van der Waals surface area contributed by atoms with Crippen molar-refractivity contribution >= 4 is 29.1 Å². The first-order valence-corrected chi connectivity index (χ1v) is 11.8. The van der Waals surface area contributed by atoms with Crippen LogP contribution in [0.15, 0.2) is 36.5 Å². The minimum Gasteiger partial charge on any atom is -0.494 e. The van der Waals surface area contributed by atoms with Gasteiger partial charge in [0, 0.05) is 31.4 Å². The van der Waals surface area contributed by atoms with Crippen molar-refractivity contribution in [1.29, 1.82) is 0 Å². The van der Waals surface area contributed by atoms with Gasteiger partial charge in [-0.1, -0.05) is 11.6 Å². The SMILES string of the molecule is COc1ccc(-c2cnc(C(=O)Nc3ccc(C(=O)N4CCC(CN)CC4)c(Cl)c3)n2C)c(F)c1F. The lowest BCUT2D eigenvalue weighted by Gasteiger charge is -2.31. The van der Waals surface area contributed by atoms with E-state index >= 15 is 0 Å². The molecule has 1 fully saturated rings. The first kappa shape index (κ1) is 25.6. The Morgan fingerprint density at radius 3 is 2.56 bits per heavy atom. The van der Waals surface area contributed by atoms with E-state index in [0.29, 0.717) is 36.8 Å². The normalized spacial score (nSPS) is 14.1. The highest BCUT2D eigenvalue weighted by molar-refractivity contribution is 6.34. The third-order valence-electron chi connectivity index (χ3n) is 6.43. The second-order valence-corrected chi connectivity index (χ2v) is 9.00. The summed E-state index contributed by atoms with van der Waals surface area (Å²) in [5.74, 6) is -2.82. The Morgan fingerprint density at radius 2 is 1.92 bits per heavy atom. The lowest BCUT2D eigenvalue weighted by Crippen LogP contribution is -2.40. The molecule has 11 heteroatoms. The molecule has 0 atom stereocenters. The number of aromatic nitrogens is 2. The summed E-state index contributed by atoms with van der Waals surface area (Å²) in [6, 6.07) is 7.28. The summed E-state index contributed by atoms with van der Waals surface area (Å²) in [5.41, 5.74) is 6.56. The Kier molecular flexibility index (Phi) is 7.56. The van der Waals surface area contributed by atoms with Crippen molar-refractivity contribution in [3.05, 3.63) is 64.6 Å². The third-order valence-corrected chi connectivity index (χ3v) is 6.74. The second kappa shape index (κ2) is 10.6. The Balaban J connectivity index is 1.49. The van der Waals surface area contributed by atoms with Crippen molar-refractivity contribution in [3.8, 4) is 17.0 Å². The van der Waals surface area contributed by atoms with Crippen molar-refractivity contribution in [2.45, 2.75) is 12.8 Å². The van der Waals surface area contributed by atoms with Crippen LogP contribution in [0.4, 0.5) is 14.5 Å². The molecule has 3 N–H and O–H groups in total. The van der Waals surface area contributed by atoms with Gasteiger partial charge in [0.2, 0.25) is 5.82 Å². The molecule has 0 saturated carbocycles. The highest BCUT2D eigenvalue weighted by atomic mass is 35.5. The van der Waals surface area contributed by atoms with E-state index in [0.717, 1.165) is 12.8 Å². The Labute approximate surface area is 212 Å². The van der Waals surface area contributed by atoms with Crippen molar-refractivity contribution < 1.29 is 23.1 Å². The average molecular weight is 518 g/mol. The summed E-state index contributed by atoms with van der Waals surface area (Å²) in [6.07, 6.45) is 2.99. The number of nitrogens with one attached hydrogen (secondary N) is 1. The van der Waals surface area contributed by atoms with Gasteiger partial charge < -0.3 is 25.3 Å². The highest BCUT2D eigenvalue weighted by Gasteiger charge is 2.25. The van der Waals surface area contributed by atoms with Crippen LogP contribution in [-0.2, 0) is 7.05 Å². The van der Waals surface area contributed by atoms with Crippen LogP contribution in [0.1, 0.15) is 33.8 Å². The van der Waals surface area contributed by atoms with E-state index in [1.165, 1.54) is 43.1 Å². The number of methoxy groups -OCH3 is 1. The Hall–Kier alpha value is -3.50. The molecule has 1 aliphatic heterocycles. The van der Waals surface area contributed by atoms with E-state index in [4.69, 9.17) is 22.1 Å². The van der Waals surface area contributed by atoms with Crippen LogP contribution in [0.25, 0.3) is 11.3 Å². The number of nitrogens with zero attached hydrogens (tertiary/aromatic N) is 3. The monoisotopic (exact) mass is 517 g/mol. The lowest BCUT2D eigenvalue weighted by molar-refractivity contribution is 0.0693. The summed E-state index contributed by atoms with van der Waals surface area (Å²) >= 11 is 6.37. The van der Waals surface area contributed by atoms with Crippen LogP contribution < -0.4 is 15.8 Å². The van der Waals surface area contributed by atoms with Gasteiger partial charge in [0.25, 0.3) is 11.8 Å². The fraction of sp³-hybridized carbons (Fsp3) is 0.320. The van der Waals surface area contributed by atoms with Gasteiger partial charge in [-0.3, -0.25) is 9.59 Å². The molecule has 0 unspecified atom stereocenters. The number of hydrogen-bond acceptors (Lipinski definition) is 5. The Bertz CT molecular complexity index is 1310. The van der Waals surface area contributed by atoms with E-state index in [-0.39, 0.29) is 33.8 Å². The van der Waals surface area contributed by atoms with Crippen LogP contribution in [0.2, 0.25) is 5.02 Å². The molecule has 2 amide bonds. The molecule has 2 aromatic carbocycles. The number of halogens is 3. The van der Waals surface area contributed by atoms with E-state index in [2.05, 4.69) is 10.3 Å². The van der Waals surface area contributed by atoms with Crippen LogP contribution in [-0.4, -0.2) is 53.0 Å². The van der Waals surface area contributed by atoms with Crippen LogP contribution in [0.5, 0.6) is 5.75 Å². The van der Waals surface area contributed by atoms with Gasteiger partial charge in [-0.15, -0.1) is 0 Å². The number of nitrogens with two attached hydrogens (primary N) is 1. The highest BCUT2D eigenvalue weighted by Crippen LogP contribution is 2.30. The molecule has 4 rings (SSSR count). The van der Waals surface area contributed by atoms with Gasteiger partial charge in [0.1, 0.15) is 0 Å². The minimum absolute atomic E-state index is 0.0281. The number of anilines is 1. The molecule has 1 aliphatic rings. The third kappa shape index (κ3) is 4.91. The van der Waals surface area contributed by atoms with Gasteiger partial charge >= 0.3 is 0 Å². The maximum Gasteiger partial charge on any atom is 0.291 e. The number of ether oxygens (including phenoxy) is 1. The first-order chi connectivity index (χ1) is 17.2. The first-order valence-electron chi connectivity index (χ1n) is 11.4. The summed E-state index contributed by atoms with van der Waals surface area (Å²) in [4.78, 5) is 31.6. The fourth-order valence-corrected chi connectivity index (χ4v) is 4.51. The number of piperidine rings is 1. The largest absolute Gasteiger partial charge is 0.494 e. The topological polar surface area (TPSA) is 102 Å². The zero-order valence-electron chi connectivity index (χ0n) is 19.9. The molecule has 3 aromatic rings. The number of likely N-dealkylation sites (tertiary alicyclic amines) is 1. The number of rotatable bonds is 6. The molecule has 1 aromatic heterocycles. The number of imidazole rings is 1. The zero-order chi connectivity index (χ0) is 26.0. The van der Waals surface area contributed by atoms with Gasteiger partial charge in [0.15, 0.2) is 17.4 Å². The van der Waals surface area contributed by atoms with Crippen molar-refractivity contribution in [1.82, 2.24) is 14.5 Å².